The van der Waals surface area contributed by atoms with Gasteiger partial charge in [-0.15, -0.1) is 24.8 Å². The summed E-state index contributed by atoms with van der Waals surface area (Å²) in [6.07, 6.45) is 4.50. The third-order valence-electron chi connectivity index (χ3n) is 1.93. The second-order valence-corrected chi connectivity index (χ2v) is 3.65. The maximum Gasteiger partial charge on any atom is 0.305 e. The molecule has 6 radical (unpaired) electrons. The summed E-state index contributed by atoms with van der Waals surface area (Å²) in [6, 6.07) is 0. The second-order valence-electron chi connectivity index (χ2n) is 3.65. The third-order valence-corrected chi connectivity index (χ3v) is 1.93. The first-order valence-electron chi connectivity index (χ1n) is 6.52. The van der Waals surface area contributed by atoms with Crippen LogP contribution in [0.3, 0.4) is 0 Å². The average molecular weight is 450 g/mol. The molecule has 0 aromatic rings. The van der Waals surface area contributed by atoms with Crippen LogP contribution in [0.2, 0.25) is 0 Å². The zero-order valence-electron chi connectivity index (χ0n) is 13.0. The van der Waals surface area contributed by atoms with Gasteiger partial charge in [0.2, 0.25) is 0 Å². The van der Waals surface area contributed by atoms with E-state index in [-0.39, 0.29) is 73.5 Å². The predicted molar refractivity (Wildman–Crippen MR) is 91.9 cm³/mol. The average Bonchev–Trinajstić information content (AvgIpc) is 2.39. The first-order valence-corrected chi connectivity index (χ1v) is 6.52. The molecule has 0 unspecified atom stereocenters. The summed E-state index contributed by atoms with van der Waals surface area (Å²) in [5.41, 5.74) is 0. The number of carbonyl (C=O) groups excluding carboxylic acids is 2. The van der Waals surface area contributed by atoms with Crippen LogP contribution in [-0.4, -0.2) is 49.1 Å². The molecule has 0 aliphatic heterocycles. The van der Waals surface area contributed by atoms with Gasteiger partial charge in [0.05, 0.1) is 13.2 Å². The Kier molecular flexibility index (Phi) is 44.8. The van der Waals surface area contributed by atoms with Gasteiger partial charge in [-0.1, -0.05) is 26.7 Å². The molecule has 0 heterocycles. The van der Waals surface area contributed by atoms with Gasteiger partial charge in [0.15, 0.2) is 0 Å². The van der Waals surface area contributed by atoms with Gasteiger partial charge in [0, 0.05) is 36.7 Å². The Morgan fingerprint density at radius 1 is 0.810 bits per heavy atom. The van der Waals surface area contributed by atoms with Crippen molar-refractivity contribution in [1.29, 1.82) is 0 Å². The molecule has 0 aliphatic rings. The smallest absolute Gasteiger partial charge is 0.305 e. The van der Waals surface area contributed by atoms with Crippen molar-refractivity contribution in [2.45, 2.75) is 52.4 Å². The Balaban J connectivity index is -0.0000000711. The Labute approximate surface area is 158 Å². The Morgan fingerprint density at radius 2 is 1.10 bits per heavy atom. The number of halogens is 2. The van der Waals surface area contributed by atoms with E-state index in [0.29, 0.717) is 13.2 Å². The number of hydrogen-bond donors (Lipinski definition) is 0. The fourth-order valence-electron chi connectivity index (χ4n) is 0.805. The third kappa shape index (κ3) is 33.3. The molecule has 0 amide bonds. The van der Waals surface area contributed by atoms with Crippen molar-refractivity contribution in [3.05, 3.63) is 13.8 Å². The normalized spacial score (nSPS) is 7.81. The molecule has 0 spiro atoms. The Hall–Kier alpha value is 0.319. The van der Waals surface area contributed by atoms with Gasteiger partial charge in [-0.25, -0.2) is 0 Å². The maximum atomic E-state index is 10.4. The van der Waals surface area contributed by atoms with E-state index in [2.05, 4.69) is 27.7 Å². The molecule has 7 heteroatoms. The number of carbonyl (C=O) groups is 2. The fourth-order valence-corrected chi connectivity index (χ4v) is 0.805. The van der Waals surface area contributed by atoms with Crippen molar-refractivity contribution in [2.75, 3.05) is 13.2 Å². The monoisotopic (exact) mass is 450 g/mol. The summed E-state index contributed by atoms with van der Waals surface area (Å²) < 4.78 is 9.46. The van der Waals surface area contributed by atoms with Crippen molar-refractivity contribution in [1.82, 2.24) is 0 Å². The van der Waals surface area contributed by atoms with Gasteiger partial charge in [-0.2, -0.15) is 0 Å². The van der Waals surface area contributed by atoms with E-state index in [9.17, 15) is 9.59 Å². The maximum absolute atomic E-state index is 10.4. The molecule has 4 nitrogen and oxygen atoms in total. The van der Waals surface area contributed by atoms with Gasteiger partial charge in [-0.05, 0) is 26.7 Å². The minimum absolute atomic E-state index is 0. The van der Waals surface area contributed by atoms with Crippen LogP contribution in [0.1, 0.15) is 52.4 Å². The number of hydrogen-bond acceptors (Lipinski definition) is 4. The standard InChI is InChI=1S/2C7H13O2.2ClH.Sn/c2*1-3-5-6-9-7(8)4-2;;;/h2*2-6H2,1H3;2*1H;. The molecular formula is C14H28Cl2O4Sn. The van der Waals surface area contributed by atoms with E-state index in [0.717, 1.165) is 25.7 Å². The molecule has 0 aromatic heterocycles. The summed E-state index contributed by atoms with van der Waals surface area (Å²) in [7, 11) is 0. The zero-order valence-corrected chi connectivity index (χ0v) is 17.5. The van der Waals surface area contributed by atoms with E-state index >= 15 is 0 Å². The molecule has 0 bridgehead atoms. The van der Waals surface area contributed by atoms with E-state index in [1.165, 1.54) is 0 Å². The van der Waals surface area contributed by atoms with E-state index in [1.54, 1.807) is 0 Å². The quantitative estimate of drug-likeness (QED) is 0.323. The van der Waals surface area contributed by atoms with Crippen LogP contribution in [0.4, 0.5) is 0 Å². The Bertz CT molecular complexity index is 195. The Morgan fingerprint density at radius 3 is 1.29 bits per heavy atom. The van der Waals surface area contributed by atoms with Crippen molar-refractivity contribution < 1.29 is 19.1 Å². The SMILES string of the molecule is Cl.Cl.[CH2]CC(=O)OCCCC.[CH2]CC(=O)OCCCC.[Sn]. The molecule has 126 valence electrons. The van der Waals surface area contributed by atoms with E-state index in [4.69, 9.17) is 9.47 Å². The van der Waals surface area contributed by atoms with Crippen molar-refractivity contribution >= 4 is 60.7 Å². The molecule has 0 fully saturated rings. The summed E-state index contributed by atoms with van der Waals surface area (Å²) in [4.78, 5) is 20.8. The van der Waals surface area contributed by atoms with Crippen LogP contribution >= 0.6 is 24.8 Å². The van der Waals surface area contributed by atoms with Crippen molar-refractivity contribution in [2.24, 2.45) is 0 Å². The molecule has 0 saturated heterocycles. The molecular weight excluding hydrogens is 422 g/mol. The number of unbranched alkanes of at least 4 members (excludes halogenated alkanes) is 2. The largest absolute Gasteiger partial charge is 0.466 e. The van der Waals surface area contributed by atoms with Gasteiger partial charge < -0.3 is 9.47 Å². The van der Waals surface area contributed by atoms with E-state index in [1.807, 2.05) is 0 Å². The first kappa shape index (κ1) is 33.1. The molecule has 0 aliphatic carbocycles. The zero-order chi connectivity index (χ0) is 14.2. The van der Waals surface area contributed by atoms with Crippen LogP contribution < -0.4 is 0 Å². The molecule has 0 saturated carbocycles. The van der Waals surface area contributed by atoms with Crippen LogP contribution in [0.15, 0.2) is 0 Å². The topological polar surface area (TPSA) is 52.6 Å². The number of ether oxygens (including phenoxy) is 2. The van der Waals surface area contributed by atoms with Crippen LogP contribution in [0.5, 0.6) is 0 Å². The van der Waals surface area contributed by atoms with Gasteiger partial charge in [0.1, 0.15) is 0 Å². The van der Waals surface area contributed by atoms with Crippen LogP contribution in [0.25, 0.3) is 0 Å². The summed E-state index contributed by atoms with van der Waals surface area (Å²) in [5.74, 6) is -0.410. The summed E-state index contributed by atoms with van der Waals surface area (Å²) in [5, 5.41) is 0. The fraction of sp³-hybridized carbons (Fsp3) is 0.714. The molecule has 21 heavy (non-hydrogen) atoms. The second kappa shape index (κ2) is 28.5. The minimum atomic E-state index is -0.205. The molecule has 0 N–H and O–H groups in total. The van der Waals surface area contributed by atoms with E-state index < -0.39 is 0 Å². The van der Waals surface area contributed by atoms with Gasteiger partial charge in [0.25, 0.3) is 0 Å². The van der Waals surface area contributed by atoms with Gasteiger partial charge >= 0.3 is 11.9 Å². The number of rotatable bonds is 8. The molecule has 0 atom stereocenters. The number of esters is 2. The van der Waals surface area contributed by atoms with Crippen molar-refractivity contribution in [3.63, 3.8) is 0 Å². The summed E-state index contributed by atoms with van der Waals surface area (Å²) in [6.45, 7) is 12.0. The first-order chi connectivity index (χ1) is 8.62. The minimum Gasteiger partial charge on any atom is -0.466 e. The molecule has 0 aromatic carbocycles. The van der Waals surface area contributed by atoms with Crippen molar-refractivity contribution in [3.8, 4) is 0 Å². The predicted octanol–water partition coefficient (Wildman–Crippen LogP) is 3.57. The molecule has 0 rings (SSSR count). The summed E-state index contributed by atoms with van der Waals surface area (Å²) >= 11 is 0. The van der Waals surface area contributed by atoms with Crippen LogP contribution in [-0.2, 0) is 19.1 Å². The van der Waals surface area contributed by atoms with Gasteiger partial charge in [-0.3, -0.25) is 9.59 Å². The van der Waals surface area contributed by atoms with Crippen LogP contribution in [0, 0.1) is 13.8 Å².